The van der Waals surface area contributed by atoms with Crippen molar-refractivity contribution in [3.05, 3.63) is 35.9 Å². The summed E-state index contributed by atoms with van der Waals surface area (Å²) < 4.78 is 0. The molecule has 2 atom stereocenters. The molecule has 0 radical (unpaired) electrons. The Morgan fingerprint density at radius 3 is 2.60 bits per heavy atom. The second kappa shape index (κ2) is 6.28. The fourth-order valence-electron chi connectivity index (χ4n) is 3.49. The van der Waals surface area contributed by atoms with Gasteiger partial charge >= 0.3 is 0 Å². The number of nitrogens with zero attached hydrogens (tertiary/aromatic N) is 1. The third-order valence-electron chi connectivity index (χ3n) is 4.73. The van der Waals surface area contributed by atoms with Crippen molar-refractivity contribution in [2.24, 2.45) is 11.8 Å². The lowest BCUT2D eigenvalue weighted by atomic mass is 9.97. The van der Waals surface area contributed by atoms with E-state index in [9.17, 15) is 0 Å². The molecule has 2 heteroatoms. The summed E-state index contributed by atoms with van der Waals surface area (Å²) in [6.07, 6.45) is 4.18. The minimum absolute atomic E-state index is 0.699. The van der Waals surface area contributed by atoms with Gasteiger partial charge in [-0.3, -0.25) is 4.90 Å². The number of benzene rings is 1. The van der Waals surface area contributed by atoms with Gasteiger partial charge in [-0.1, -0.05) is 44.2 Å². The molecule has 1 N–H and O–H groups in total. The van der Waals surface area contributed by atoms with E-state index in [0.29, 0.717) is 6.04 Å². The van der Waals surface area contributed by atoms with Crippen LogP contribution in [0.15, 0.2) is 30.3 Å². The molecule has 2 nitrogen and oxygen atoms in total. The van der Waals surface area contributed by atoms with Crippen molar-refractivity contribution >= 4 is 0 Å². The van der Waals surface area contributed by atoms with Crippen LogP contribution in [0.2, 0.25) is 0 Å². The Balaban J connectivity index is 1.66. The minimum Gasteiger partial charge on any atom is -0.311 e. The van der Waals surface area contributed by atoms with Crippen LogP contribution in [0.5, 0.6) is 0 Å². The van der Waals surface area contributed by atoms with Crippen LogP contribution in [0, 0.1) is 11.8 Å². The Bertz CT molecular complexity index is 411. The molecule has 1 aromatic carbocycles. The van der Waals surface area contributed by atoms with E-state index in [4.69, 9.17) is 0 Å². The predicted molar refractivity (Wildman–Crippen MR) is 84.6 cm³/mol. The van der Waals surface area contributed by atoms with Crippen molar-refractivity contribution in [3.63, 3.8) is 0 Å². The fraction of sp³-hybridized carbons (Fsp3) is 0.667. The van der Waals surface area contributed by atoms with E-state index in [1.807, 2.05) is 0 Å². The highest BCUT2D eigenvalue weighted by Gasteiger charge is 2.37. The molecule has 0 amide bonds. The maximum absolute atomic E-state index is 3.81. The standard InChI is InChI=1S/C18H28N2/c1-14(2)10-17-11-19-18(16-8-9-16)13-20(17)12-15-6-4-3-5-7-15/h3-7,14,16-19H,8-13H2,1-2H3. The summed E-state index contributed by atoms with van der Waals surface area (Å²) in [7, 11) is 0. The molecule has 1 saturated carbocycles. The number of nitrogens with one attached hydrogen (secondary N) is 1. The van der Waals surface area contributed by atoms with Crippen LogP contribution < -0.4 is 5.32 Å². The van der Waals surface area contributed by atoms with Crippen LogP contribution in [-0.4, -0.2) is 30.1 Å². The van der Waals surface area contributed by atoms with Gasteiger partial charge in [0.05, 0.1) is 0 Å². The molecule has 3 rings (SSSR count). The van der Waals surface area contributed by atoms with Gasteiger partial charge in [-0.2, -0.15) is 0 Å². The highest BCUT2D eigenvalue weighted by Crippen LogP contribution is 2.35. The summed E-state index contributed by atoms with van der Waals surface area (Å²) in [6, 6.07) is 12.4. The van der Waals surface area contributed by atoms with Crippen molar-refractivity contribution in [1.82, 2.24) is 10.2 Å². The van der Waals surface area contributed by atoms with E-state index in [2.05, 4.69) is 54.4 Å². The van der Waals surface area contributed by atoms with Gasteiger partial charge in [0.1, 0.15) is 0 Å². The Kier molecular flexibility index (Phi) is 4.42. The highest BCUT2D eigenvalue weighted by atomic mass is 15.2. The molecule has 1 aliphatic carbocycles. The molecule has 2 unspecified atom stereocenters. The number of hydrogen-bond acceptors (Lipinski definition) is 2. The van der Waals surface area contributed by atoms with E-state index in [1.165, 1.54) is 37.9 Å². The molecule has 1 aliphatic heterocycles. The molecule has 110 valence electrons. The Labute approximate surface area is 123 Å². The van der Waals surface area contributed by atoms with Gasteiger partial charge in [0.25, 0.3) is 0 Å². The monoisotopic (exact) mass is 272 g/mol. The smallest absolute Gasteiger partial charge is 0.0237 e. The van der Waals surface area contributed by atoms with E-state index < -0.39 is 0 Å². The lowest BCUT2D eigenvalue weighted by Crippen LogP contribution is -2.57. The molecule has 1 saturated heterocycles. The Morgan fingerprint density at radius 1 is 1.20 bits per heavy atom. The van der Waals surface area contributed by atoms with Crippen LogP contribution in [-0.2, 0) is 6.54 Å². The van der Waals surface area contributed by atoms with E-state index >= 15 is 0 Å². The first kappa shape index (κ1) is 14.1. The zero-order valence-electron chi connectivity index (χ0n) is 12.9. The van der Waals surface area contributed by atoms with Gasteiger partial charge in [0.15, 0.2) is 0 Å². The maximum atomic E-state index is 3.81. The lowest BCUT2D eigenvalue weighted by Gasteiger charge is -2.41. The maximum Gasteiger partial charge on any atom is 0.0237 e. The van der Waals surface area contributed by atoms with Crippen LogP contribution in [0.1, 0.15) is 38.7 Å². The summed E-state index contributed by atoms with van der Waals surface area (Å²) in [5.74, 6) is 1.73. The van der Waals surface area contributed by atoms with Gasteiger partial charge in [-0.05, 0) is 36.7 Å². The second-order valence-corrected chi connectivity index (χ2v) is 7.05. The molecular weight excluding hydrogens is 244 g/mol. The van der Waals surface area contributed by atoms with E-state index in [-0.39, 0.29) is 0 Å². The topological polar surface area (TPSA) is 15.3 Å². The molecule has 1 heterocycles. The molecule has 1 aromatic rings. The largest absolute Gasteiger partial charge is 0.311 e. The predicted octanol–water partition coefficient (Wildman–Crippen LogP) is 3.29. The first-order valence-electron chi connectivity index (χ1n) is 8.23. The third-order valence-corrected chi connectivity index (χ3v) is 4.73. The molecule has 2 fully saturated rings. The van der Waals surface area contributed by atoms with E-state index in [1.54, 1.807) is 0 Å². The normalized spacial score (nSPS) is 27.9. The third kappa shape index (κ3) is 3.62. The molecule has 0 bridgehead atoms. The van der Waals surface area contributed by atoms with Gasteiger partial charge in [-0.15, -0.1) is 0 Å². The Hall–Kier alpha value is -0.860. The van der Waals surface area contributed by atoms with Crippen molar-refractivity contribution in [2.45, 2.75) is 51.7 Å². The van der Waals surface area contributed by atoms with Crippen LogP contribution in [0.25, 0.3) is 0 Å². The summed E-state index contributed by atoms with van der Waals surface area (Å²) in [4.78, 5) is 2.73. The fourth-order valence-corrected chi connectivity index (χ4v) is 3.49. The number of rotatable bonds is 5. The lowest BCUT2D eigenvalue weighted by molar-refractivity contribution is 0.0999. The minimum atomic E-state index is 0.699. The summed E-state index contributed by atoms with van der Waals surface area (Å²) in [5.41, 5.74) is 1.46. The molecule has 0 spiro atoms. The van der Waals surface area contributed by atoms with Crippen molar-refractivity contribution in [2.75, 3.05) is 13.1 Å². The summed E-state index contributed by atoms with van der Waals surface area (Å²) in [5, 5.41) is 3.81. The first-order chi connectivity index (χ1) is 9.72. The van der Waals surface area contributed by atoms with Gasteiger partial charge in [0.2, 0.25) is 0 Å². The molecule has 0 aromatic heterocycles. The second-order valence-electron chi connectivity index (χ2n) is 7.05. The van der Waals surface area contributed by atoms with Crippen molar-refractivity contribution < 1.29 is 0 Å². The Morgan fingerprint density at radius 2 is 1.95 bits per heavy atom. The molecule has 20 heavy (non-hydrogen) atoms. The quantitative estimate of drug-likeness (QED) is 0.885. The van der Waals surface area contributed by atoms with Gasteiger partial charge < -0.3 is 5.32 Å². The van der Waals surface area contributed by atoms with Crippen LogP contribution in [0.4, 0.5) is 0 Å². The zero-order valence-corrected chi connectivity index (χ0v) is 12.9. The summed E-state index contributed by atoms with van der Waals surface area (Å²) >= 11 is 0. The average Bonchev–Trinajstić information content (AvgIpc) is 3.26. The SMILES string of the molecule is CC(C)CC1CNC(C2CC2)CN1Cc1ccccc1. The molecular formula is C18H28N2. The van der Waals surface area contributed by atoms with Crippen molar-refractivity contribution in [1.29, 1.82) is 0 Å². The highest BCUT2D eigenvalue weighted by molar-refractivity contribution is 5.15. The van der Waals surface area contributed by atoms with Gasteiger partial charge in [-0.25, -0.2) is 0 Å². The molecule has 2 aliphatic rings. The van der Waals surface area contributed by atoms with E-state index in [0.717, 1.165) is 24.4 Å². The number of hydrogen-bond donors (Lipinski definition) is 1. The van der Waals surface area contributed by atoms with Crippen LogP contribution >= 0.6 is 0 Å². The zero-order chi connectivity index (χ0) is 13.9. The first-order valence-corrected chi connectivity index (χ1v) is 8.23. The van der Waals surface area contributed by atoms with Gasteiger partial charge in [0, 0.05) is 31.7 Å². The number of piperazine rings is 1. The van der Waals surface area contributed by atoms with Crippen LogP contribution in [0.3, 0.4) is 0 Å². The summed E-state index contributed by atoms with van der Waals surface area (Å²) in [6.45, 7) is 8.20. The average molecular weight is 272 g/mol. The van der Waals surface area contributed by atoms with Crippen molar-refractivity contribution in [3.8, 4) is 0 Å².